The maximum absolute atomic E-state index is 13.1. The minimum atomic E-state index is -0.309. The highest BCUT2D eigenvalue weighted by Gasteiger charge is 2.33. The maximum Gasteiger partial charge on any atom is 0.287 e. The largest absolute Gasteiger partial charge is 0.486 e. The van der Waals surface area contributed by atoms with E-state index in [-0.39, 0.29) is 36.1 Å². The number of fused-ring (bicyclic) bond motifs is 1. The summed E-state index contributed by atoms with van der Waals surface area (Å²) in [6, 6.07) is 24.9. The summed E-state index contributed by atoms with van der Waals surface area (Å²) in [7, 11) is 0. The number of carbonyl (C=O) groups excluding carboxylic acids is 2. The van der Waals surface area contributed by atoms with Crippen LogP contribution >= 0.6 is 0 Å². The number of amides is 2. The van der Waals surface area contributed by atoms with Gasteiger partial charge in [0, 0.05) is 18.7 Å². The molecule has 1 N–H and O–H groups in total. The highest BCUT2D eigenvalue weighted by atomic mass is 16.5. The molecule has 1 aliphatic heterocycles. The summed E-state index contributed by atoms with van der Waals surface area (Å²) in [5.41, 5.74) is 4.13. The first-order valence-electron chi connectivity index (χ1n) is 12.9. The molecule has 0 spiro atoms. The van der Waals surface area contributed by atoms with E-state index >= 15 is 0 Å². The number of aromatic nitrogens is 1. The van der Waals surface area contributed by atoms with Gasteiger partial charge in [-0.05, 0) is 59.5 Å². The third kappa shape index (κ3) is 5.62. The van der Waals surface area contributed by atoms with Crippen molar-refractivity contribution < 1.29 is 18.7 Å². The Morgan fingerprint density at radius 2 is 1.87 bits per heavy atom. The van der Waals surface area contributed by atoms with E-state index in [0.29, 0.717) is 24.6 Å². The molecule has 0 bridgehead atoms. The first kappa shape index (κ1) is 25.3. The van der Waals surface area contributed by atoms with Gasteiger partial charge in [-0.2, -0.15) is 0 Å². The van der Waals surface area contributed by atoms with Gasteiger partial charge in [0.1, 0.15) is 18.1 Å². The molecule has 5 rings (SSSR count). The molecule has 1 aliphatic rings. The van der Waals surface area contributed by atoms with E-state index in [9.17, 15) is 9.59 Å². The molecule has 2 amide bonds. The van der Waals surface area contributed by atoms with Crippen LogP contribution in [0.5, 0.6) is 5.75 Å². The topological polar surface area (TPSA) is 84.7 Å². The number of rotatable bonds is 8. The predicted octanol–water partition coefficient (Wildman–Crippen LogP) is 5.31. The van der Waals surface area contributed by atoms with Crippen molar-refractivity contribution in [2.45, 2.75) is 39.5 Å². The average molecular weight is 510 g/mol. The van der Waals surface area contributed by atoms with Crippen LogP contribution < -0.4 is 10.1 Å². The molecule has 2 aromatic heterocycles. The Balaban J connectivity index is 1.29. The number of nitrogens with one attached hydrogen (secondary N) is 1. The third-order valence-corrected chi connectivity index (χ3v) is 6.66. The normalized spacial score (nSPS) is 14.7. The van der Waals surface area contributed by atoms with Crippen LogP contribution in [0.2, 0.25) is 0 Å². The fourth-order valence-electron chi connectivity index (χ4n) is 4.74. The van der Waals surface area contributed by atoms with Gasteiger partial charge >= 0.3 is 0 Å². The maximum atomic E-state index is 13.1. The molecular weight excluding hydrogens is 478 g/mol. The summed E-state index contributed by atoms with van der Waals surface area (Å²) in [5, 5.41) is 2.81. The summed E-state index contributed by atoms with van der Waals surface area (Å²) in [4.78, 5) is 31.8. The molecule has 0 unspecified atom stereocenters. The average Bonchev–Trinajstić information content (AvgIpc) is 3.44. The second-order valence-electron chi connectivity index (χ2n) is 9.67. The van der Waals surface area contributed by atoms with Crippen molar-refractivity contribution in [2.75, 3.05) is 6.54 Å². The van der Waals surface area contributed by atoms with Crippen molar-refractivity contribution in [2.24, 2.45) is 5.92 Å². The van der Waals surface area contributed by atoms with Gasteiger partial charge in [-0.15, -0.1) is 0 Å². The Morgan fingerprint density at radius 1 is 1.05 bits per heavy atom. The van der Waals surface area contributed by atoms with Crippen molar-refractivity contribution in [1.82, 2.24) is 15.2 Å². The smallest absolute Gasteiger partial charge is 0.287 e. The van der Waals surface area contributed by atoms with Crippen molar-refractivity contribution in [3.63, 3.8) is 0 Å². The second kappa shape index (κ2) is 11.3. The fraction of sp³-hybridized carbons (Fsp3) is 0.258. The highest BCUT2D eigenvalue weighted by Crippen LogP contribution is 2.38. The van der Waals surface area contributed by atoms with Crippen LogP contribution in [-0.4, -0.2) is 28.2 Å². The van der Waals surface area contributed by atoms with Crippen LogP contribution in [0.1, 0.15) is 58.6 Å². The molecule has 0 fully saturated rings. The molecule has 0 saturated carbocycles. The van der Waals surface area contributed by atoms with Crippen LogP contribution in [-0.2, 0) is 24.4 Å². The van der Waals surface area contributed by atoms with E-state index < -0.39 is 0 Å². The Labute approximate surface area is 222 Å². The first-order valence-corrected chi connectivity index (χ1v) is 12.9. The lowest BCUT2D eigenvalue weighted by Gasteiger charge is -2.39. The van der Waals surface area contributed by atoms with Crippen molar-refractivity contribution in [3.8, 4) is 5.75 Å². The molecule has 7 heteroatoms. The van der Waals surface area contributed by atoms with Gasteiger partial charge in [-0.1, -0.05) is 56.3 Å². The van der Waals surface area contributed by atoms with E-state index in [2.05, 4.69) is 28.5 Å². The molecule has 7 nitrogen and oxygen atoms in total. The second-order valence-corrected chi connectivity index (χ2v) is 9.67. The Hall–Kier alpha value is -4.39. The van der Waals surface area contributed by atoms with Crippen LogP contribution in [0, 0.1) is 5.92 Å². The van der Waals surface area contributed by atoms with E-state index in [0.717, 1.165) is 23.2 Å². The standard InChI is InChI=1S/C31H31N3O4/c1-21(2)31(36)34-17-15-22-11-12-25(18-27(22)29(34)23-8-4-3-5-9-23)37-20-26-13-14-28(38-26)30(35)33-19-24-10-6-7-16-32-24/h3-14,16,18,21,29H,15,17,19-20H2,1-2H3,(H,33,35)/t29-/m0/s1. The van der Waals surface area contributed by atoms with Crippen LogP contribution in [0.3, 0.4) is 0 Å². The predicted molar refractivity (Wildman–Crippen MR) is 143 cm³/mol. The van der Waals surface area contributed by atoms with Gasteiger partial charge in [0.25, 0.3) is 5.91 Å². The number of carbonyl (C=O) groups is 2. The molecule has 2 aromatic carbocycles. The lowest BCUT2D eigenvalue weighted by Crippen LogP contribution is -2.42. The summed E-state index contributed by atoms with van der Waals surface area (Å²) < 4.78 is 11.8. The van der Waals surface area contributed by atoms with Crippen molar-refractivity contribution in [1.29, 1.82) is 0 Å². The van der Waals surface area contributed by atoms with E-state index in [1.165, 1.54) is 5.56 Å². The summed E-state index contributed by atoms with van der Waals surface area (Å²) in [5.74, 6) is 1.19. The van der Waals surface area contributed by atoms with Crippen LogP contribution in [0.25, 0.3) is 0 Å². The zero-order chi connectivity index (χ0) is 26.5. The Kier molecular flexibility index (Phi) is 7.54. The first-order chi connectivity index (χ1) is 18.5. The van der Waals surface area contributed by atoms with Crippen molar-refractivity contribution >= 4 is 11.8 Å². The van der Waals surface area contributed by atoms with E-state index in [1.54, 1.807) is 18.3 Å². The minimum Gasteiger partial charge on any atom is -0.486 e. The molecule has 4 aromatic rings. The molecule has 0 radical (unpaired) electrons. The SMILES string of the molecule is CC(C)C(=O)N1CCc2ccc(OCc3ccc(C(=O)NCc4ccccn4)o3)cc2[C@@H]1c1ccccc1. The molecule has 3 heterocycles. The number of furan rings is 1. The monoisotopic (exact) mass is 509 g/mol. The number of hydrogen-bond acceptors (Lipinski definition) is 5. The summed E-state index contributed by atoms with van der Waals surface area (Å²) in [6.45, 7) is 5.06. The Morgan fingerprint density at radius 3 is 2.63 bits per heavy atom. The van der Waals surface area contributed by atoms with E-state index in [1.807, 2.05) is 67.3 Å². The molecule has 0 saturated heterocycles. The van der Waals surface area contributed by atoms with Crippen LogP contribution in [0.4, 0.5) is 0 Å². The summed E-state index contributed by atoms with van der Waals surface area (Å²) >= 11 is 0. The van der Waals surface area contributed by atoms with Gasteiger partial charge in [-0.3, -0.25) is 14.6 Å². The van der Waals surface area contributed by atoms with Crippen molar-refractivity contribution in [3.05, 3.63) is 119 Å². The number of hydrogen-bond donors (Lipinski definition) is 1. The van der Waals surface area contributed by atoms with Gasteiger partial charge in [-0.25, -0.2) is 0 Å². The number of pyridine rings is 1. The quantitative estimate of drug-likeness (QED) is 0.348. The molecular formula is C31H31N3O4. The lowest BCUT2D eigenvalue weighted by molar-refractivity contribution is -0.136. The van der Waals surface area contributed by atoms with Gasteiger partial charge < -0.3 is 19.4 Å². The Bertz CT molecular complexity index is 1400. The number of nitrogens with zero attached hydrogens (tertiary/aromatic N) is 2. The van der Waals surface area contributed by atoms with E-state index in [4.69, 9.17) is 9.15 Å². The zero-order valence-electron chi connectivity index (χ0n) is 21.6. The van der Waals surface area contributed by atoms with Gasteiger partial charge in [0.2, 0.25) is 5.91 Å². The molecule has 1 atom stereocenters. The summed E-state index contributed by atoms with van der Waals surface area (Å²) in [6.07, 6.45) is 2.48. The minimum absolute atomic E-state index is 0.0866. The zero-order valence-corrected chi connectivity index (χ0v) is 21.6. The molecule has 38 heavy (non-hydrogen) atoms. The van der Waals surface area contributed by atoms with Gasteiger partial charge in [0.05, 0.1) is 18.3 Å². The third-order valence-electron chi connectivity index (χ3n) is 6.66. The highest BCUT2D eigenvalue weighted by molar-refractivity contribution is 5.91. The fourth-order valence-corrected chi connectivity index (χ4v) is 4.74. The molecule has 0 aliphatic carbocycles. The van der Waals surface area contributed by atoms with Crippen LogP contribution in [0.15, 0.2) is 89.5 Å². The number of ether oxygens (including phenoxy) is 1. The lowest BCUT2D eigenvalue weighted by atomic mass is 9.87. The number of benzene rings is 2. The van der Waals surface area contributed by atoms with Gasteiger partial charge in [0.15, 0.2) is 5.76 Å². The molecule has 194 valence electrons.